The molecule has 4 nitrogen and oxygen atoms in total. The number of aromatic nitrogens is 2. The molecule has 0 bridgehead atoms. The first-order chi connectivity index (χ1) is 15.6. The summed E-state index contributed by atoms with van der Waals surface area (Å²) in [6, 6.07) is 25.8. The van der Waals surface area contributed by atoms with E-state index in [1.807, 2.05) is 72.8 Å². The molecule has 0 amide bonds. The van der Waals surface area contributed by atoms with Gasteiger partial charge in [-0.1, -0.05) is 48.5 Å². The SMILES string of the molecule is COc1ccc2cc(C(=O)c3cc4c(nc5ccc(C)cn54)c4ccccc34)ccc2c1. The van der Waals surface area contributed by atoms with E-state index in [2.05, 4.69) is 23.6 Å². The number of pyridine rings is 1. The molecular weight excluding hydrogens is 396 g/mol. The van der Waals surface area contributed by atoms with Crippen molar-refractivity contribution in [2.45, 2.75) is 6.92 Å². The maximum atomic E-state index is 13.7. The molecular formula is C28H20N2O2. The van der Waals surface area contributed by atoms with Crippen molar-refractivity contribution in [2.75, 3.05) is 7.11 Å². The van der Waals surface area contributed by atoms with Crippen LogP contribution in [0.15, 0.2) is 85.1 Å². The van der Waals surface area contributed by atoms with Crippen molar-refractivity contribution in [2.24, 2.45) is 0 Å². The smallest absolute Gasteiger partial charge is 0.193 e. The number of ketones is 1. The topological polar surface area (TPSA) is 43.6 Å². The molecule has 6 aromatic rings. The van der Waals surface area contributed by atoms with Crippen molar-refractivity contribution in [1.82, 2.24) is 9.38 Å². The summed E-state index contributed by atoms with van der Waals surface area (Å²) in [6.07, 6.45) is 2.07. The number of carbonyl (C=O) groups is 1. The van der Waals surface area contributed by atoms with Gasteiger partial charge in [0, 0.05) is 22.7 Å². The molecule has 0 N–H and O–H groups in total. The van der Waals surface area contributed by atoms with Crippen LogP contribution < -0.4 is 4.74 Å². The summed E-state index contributed by atoms with van der Waals surface area (Å²) in [6.45, 7) is 2.06. The van der Waals surface area contributed by atoms with E-state index in [0.717, 1.165) is 49.5 Å². The number of benzene rings is 4. The molecule has 6 rings (SSSR count). The summed E-state index contributed by atoms with van der Waals surface area (Å²) in [5.41, 5.74) is 5.22. The van der Waals surface area contributed by atoms with Gasteiger partial charge in [0.05, 0.1) is 18.1 Å². The van der Waals surface area contributed by atoms with E-state index in [-0.39, 0.29) is 5.78 Å². The third kappa shape index (κ3) is 2.77. The van der Waals surface area contributed by atoms with Crippen LogP contribution >= 0.6 is 0 Å². The molecule has 0 spiro atoms. The first kappa shape index (κ1) is 18.6. The lowest BCUT2D eigenvalue weighted by Gasteiger charge is -2.09. The predicted molar refractivity (Wildman–Crippen MR) is 129 cm³/mol. The Balaban J connectivity index is 1.60. The lowest BCUT2D eigenvalue weighted by atomic mass is 9.95. The third-order valence-electron chi connectivity index (χ3n) is 6.11. The fourth-order valence-electron chi connectivity index (χ4n) is 4.48. The Morgan fingerprint density at radius 2 is 1.66 bits per heavy atom. The van der Waals surface area contributed by atoms with Crippen molar-refractivity contribution in [3.05, 3.63) is 102 Å². The number of hydrogen-bond acceptors (Lipinski definition) is 3. The zero-order valence-electron chi connectivity index (χ0n) is 17.8. The summed E-state index contributed by atoms with van der Waals surface area (Å²) in [5.74, 6) is 0.805. The van der Waals surface area contributed by atoms with E-state index in [1.165, 1.54) is 0 Å². The number of aryl methyl sites for hydroxylation is 1. The first-order valence-electron chi connectivity index (χ1n) is 10.5. The quantitative estimate of drug-likeness (QED) is 0.316. The molecule has 0 fully saturated rings. The lowest BCUT2D eigenvalue weighted by molar-refractivity contribution is 0.104. The predicted octanol–water partition coefficient (Wildman–Crippen LogP) is 6.34. The number of methoxy groups -OCH3 is 1. The van der Waals surface area contributed by atoms with Gasteiger partial charge in [0.2, 0.25) is 0 Å². The molecule has 0 radical (unpaired) electrons. The van der Waals surface area contributed by atoms with E-state index in [4.69, 9.17) is 9.72 Å². The molecule has 154 valence electrons. The number of imidazole rings is 1. The van der Waals surface area contributed by atoms with Crippen LogP contribution in [0.3, 0.4) is 0 Å². The lowest BCUT2D eigenvalue weighted by Crippen LogP contribution is -2.03. The number of carbonyl (C=O) groups excluding carboxylic acids is 1. The van der Waals surface area contributed by atoms with Gasteiger partial charge < -0.3 is 4.74 Å². The van der Waals surface area contributed by atoms with Gasteiger partial charge in [-0.15, -0.1) is 0 Å². The van der Waals surface area contributed by atoms with Gasteiger partial charge in [0.15, 0.2) is 5.78 Å². The second-order valence-electron chi connectivity index (χ2n) is 8.14. The first-order valence-corrected chi connectivity index (χ1v) is 10.5. The Morgan fingerprint density at radius 1 is 0.875 bits per heavy atom. The minimum absolute atomic E-state index is 0.00317. The number of hydrogen-bond donors (Lipinski definition) is 0. The number of nitrogens with zero attached hydrogens (tertiary/aromatic N) is 2. The van der Waals surface area contributed by atoms with Gasteiger partial charge in [-0.05, 0) is 59.0 Å². The Labute approximate surface area is 184 Å². The zero-order chi connectivity index (χ0) is 21.8. The fraction of sp³-hybridized carbons (Fsp3) is 0.0714. The molecule has 4 aromatic carbocycles. The summed E-state index contributed by atoms with van der Waals surface area (Å²) in [7, 11) is 1.65. The molecule has 0 aliphatic carbocycles. The number of ether oxygens (including phenoxy) is 1. The average Bonchev–Trinajstić information content (AvgIpc) is 3.20. The van der Waals surface area contributed by atoms with Gasteiger partial charge in [0.1, 0.15) is 11.4 Å². The number of fused-ring (bicyclic) bond motifs is 6. The third-order valence-corrected chi connectivity index (χ3v) is 6.11. The molecule has 2 heterocycles. The summed E-state index contributed by atoms with van der Waals surface area (Å²) in [4.78, 5) is 18.6. The fourth-order valence-corrected chi connectivity index (χ4v) is 4.48. The van der Waals surface area contributed by atoms with Crippen LogP contribution in [0.2, 0.25) is 0 Å². The molecule has 0 aliphatic rings. The van der Waals surface area contributed by atoms with E-state index in [0.29, 0.717) is 11.1 Å². The molecule has 0 atom stereocenters. The van der Waals surface area contributed by atoms with Gasteiger partial charge in [-0.3, -0.25) is 9.20 Å². The molecule has 4 heteroatoms. The Morgan fingerprint density at radius 3 is 2.50 bits per heavy atom. The van der Waals surface area contributed by atoms with E-state index in [9.17, 15) is 4.79 Å². The molecule has 0 aliphatic heterocycles. The van der Waals surface area contributed by atoms with Crippen LogP contribution in [0.25, 0.3) is 38.2 Å². The maximum Gasteiger partial charge on any atom is 0.193 e. The molecule has 32 heavy (non-hydrogen) atoms. The van der Waals surface area contributed by atoms with Crippen LogP contribution in [0.5, 0.6) is 5.75 Å². The van der Waals surface area contributed by atoms with Crippen molar-refractivity contribution in [1.29, 1.82) is 0 Å². The van der Waals surface area contributed by atoms with Crippen LogP contribution in [-0.4, -0.2) is 22.3 Å². The highest BCUT2D eigenvalue weighted by atomic mass is 16.5. The standard InChI is InChI=1S/C28H20N2O2/c1-17-7-12-26-29-27-23-6-4-3-5-22(23)24(15-25(27)30(26)16-17)28(31)20-9-8-19-14-21(32-2)11-10-18(19)13-20/h3-16H,1-2H3. The van der Waals surface area contributed by atoms with Gasteiger partial charge in [-0.25, -0.2) is 4.98 Å². The zero-order valence-corrected chi connectivity index (χ0v) is 17.8. The molecule has 0 saturated heterocycles. The van der Waals surface area contributed by atoms with E-state index < -0.39 is 0 Å². The Kier molecular flexibility index (Phi) is 4.02. The van der Waals surface area contributed by atoms with Crippen LogP contribution in [-0.2, 0) is 0 Å². The highest BCUT2D eigenvalue weighted by molar-refractivity contribution is 6.22. The van der Waals surface area contributed by atoms with Crippen LogP contribution in [0.1, 0.15) is 21.5 Å². The normalized spacial score (nSPS) is 11.6. The molecule has 0 unspecified atom stereocenters. The van der Waals surface area contributed by atoms with Crippen molar-refractivity contribution >= 4 is 44.0 Å². The molecule has 0 saturated carbocycles. The minimum Gasteiger partial charge on any atom is -0.497 e. The Hall–Kier alpha value is -4.18. The van der Waals surface area contributed by atoms with Gasteiger partial charge in [0.25, 0.3) is 0 Å². The van der Waals surface area contributed by atoms with Crippen molar-refractivity contribution in [3.63, 3.8) is 0 Å². The van der Waals surface area contributed by atoms with Gasteiger partial charge >= 0.3 is 0 Å². The minimum atomic E-state index is 0.00317. The van der Waals surface area contributed by atoms with Crippen LogP contribution in [0, 0.1) is 6.92 Å². The van der Waals surface area contributed by atoms with Crippen molar-refractivity contribution in [3.8, 4) is 5.75 Å². The van der Waals surface area contributed by atoms with Gasteiger partial charge in [-0.2, -0.15) is 0 Å². The highest BCUT2D eigenvalue weighted by Gasteiger charge is 2.18. The van der Waals surface area contributed by atoms with Crippen LogP contribution in [0.4, 0.5) is 0 Å². The summed E-state index contributed by atoms with van der Waals surface area (Å²) >= 11 is 0. The summed E-state index contributed by atoms with van der Waals surface area (Å²) < 4.78 is 7.39. The Bertz CT molecular complexity index is 1700. The second-order valence-corrected chi connectivity index (χ2v) is 8.14. The van der Waals surface area contributed by atoms with Crippen molar-refractivity contribution < 1.29 is 9.53 Å². The monoisotopic (exact) mass is 416 g/mol. The highest BCUT2D eigenvalue weighted by Crippen LogP contribution is 2.31. The average molecular weight is 416 g/mol. The number of rotatable bonds is 3. The maximum absolute atomic E-state index is 13.7. The largest absolute Gasteiger partial charge is 0.497 e. The summed E-state index contributed by atoms with van der Waals surface area (Å²) in [5, 5.41) is 3.95. The second kappa shape index (κ2) is 6.92. The van der Waals surface area contributed by atoms with E-state index in [1.54, 1.807) is 7.11 Å². The van der Waals surface area contributed by atoms with E-state index >= 15 is 0 Å². The molecule has 2 aromatic heterocycles.